The average molecular weight is 274 g/mol. The molecule has 1 aromatic heterocycles. The van der Waals surface area contributed by atoms with E-state index in [9.17, 15) is 4.79 Å². The minimum atomic E-state index is -0.288. The lowest BCUT2D eigenvalue weighted by Crippen LogP contribution is -2.44. The molecule has 2 aromatic rings. The fourth-order valence-corrected chi connectivity index (χ4v) is 2.91. The van der Waals surface area contributed by atoms with Crippen molar-refractivity contribution in [3.05, 3.63) is 29.5 Å². The van der Waals surface area contributed by atoms with Gasteiger partial charge in [-0.25, -0.2) is 0 Å². The SMILES string of the molecule is COC(=O)C1Cc2c([nH]c3cc(OC)ccc23)C(C)N1. The summed E-state index contributed by atoms with van der Waals surface area (Å²) in [5, 5.41) is 4.42. The van der Waals surface area contributed by atoms with Crippen LogP contribution in [0.3, 0.4) is 0 Å². The van der Waals surface area contributed by atoms with Crippen molar-refractivity contribution in [1.29, 1.82) is 0 Å². The van der Waals surface area contributed by atoms with E-state index < -0.39 is 0 Å². The third-order valence-electron chi connectivity index (χ3n) is 3.92. The molecule has 2 N–H and O–H groups in total. The standard InChI is InChI=1S/C15H18N2O3/c1-8-14-11(7-13(16-8)15(18)20-3)10-5-4-9(19-2)6-12(10)17-14/h4-6,8,13,16-17H,7H2,1-3H3. The maximum Gasteiger partial charge on any atom is 0.323 e. The van der Waals surface area contributed by atoms with Crippen molar-refractivity contribution in [2.45, 2.75) is 25.4 Å². The van der Waals surface area contributed by atoms with Gasteiger partial charge in [-0.3, -0.25) is 10.1 Å². The smallest absolute Gasteiger partial charge is 0.323 e. The molecule has 5 heteroatoms. The number of nitrogens with one attached hydrogen (secondary N) is 2. The summed E-state index contributed by atoms with van der Waals surface area (Å²) in [4.78, 5) is 15.2. The van der Waals surface area contributed by atoms with E-state index in [0.717, 1.165) is 22.3 Å². The molecule has 2 atom stereocenters. The van der Waals surface area contributed by atoms with Crippen molar-refractivity contribution in [2.24, 2.45) is 0 Å². The zero-order valence-electron chi connectivity index (χ0n) is 11.8. The van der Waals surface area contributed by atoms with Crippen LogP contribution >= 0.6 is 0 Å². The number of methoxy groups -OCH3 is 2. The van der Waals surface area contributed by atoms with E-state index in [1.807, 2.05) is 25.1 Å². The number of esters is 1. The van der Waals surface area contributed by atoms with Gasteiger partial charge in [0.15, 0.2) is 0 Å². The number of H-pyrrole nitrogens is 1. The first-order chi connectivity index (χ1) is 9.63. The molecule has 0 saturated carbocycles. The molecule has 0 spiro atoms. The Morgan fingerprint density at radius 2 is 2.15 bits per heavy atom. The van der Waals surface area contributed by atoms with Crippen molar-refractivity contribution in [3.8, 4) is 5.75 Å². The number of carbonyl (C=O) groups excluding carboxylic acids is 1. The Kier molecular flexibility index (Phi) is 3.14. The summed E-state index contributed by atoms with van der Waals surface area (Å²) in [5.74, 6) is 0.603. The normalized spacial score (nSPS) is 21.6. The summed E-state index contributed by atoms with van der Waals surface area (Å²) >= 11 is 0. The van der Waals surface area contributed by atoms with Crippen LogP contribution in [0.5, 0.6) is 5.75 Å². The number of benzene rings is 1. The van der Waals surface area contributed by atoms with Crippen molar-refractivity contribution in [1.82, 2.24) is 10.3 Å². The van der Waals surface area contributed by atoms with Gasteiger partial charge in [0, 0.05) is 35.1 Å². The second kappa shape index (κ2) is 4.83. The number of rotatable bonds is 2. The van der Waals surface area contributed by atoms with Crippen LogP contribution < -0.4 is 10.1 Å². The topological polar surface area (TPSA) is 63.4 Å². The predicted molar refractivity (Wildman–Crippen MR) is 75.9 cm³/mol. The third kappa shape index (κ3) is 1.94. The highest BCUT2D eigenvalue weighted by Gasteiger charge is 2.31. The molecule has 1 aliphatic heterocycles. The van der Waals surface area contributed by atoms with Crippen molar-refractivity contribution < 1.29 is 14.3 Å². The Balaban J connectivity index is 2.07. The van der Waals surface area contributed by atoms with E-state index in [-0.39, 0.29) is 18.1 Å². The van der Waals surface area contributed by atoms with Gasteiger partial charge in [0.25, 0.3) is 0 Å². The molecule has 0 bridgehead atoms. The number of hydrogen-bond donors (Lipinski definition) is 2. The van der Waals surface area contributed by atoms with Crippen LogP contribution in [0, 0.1) is 0 Å². The largest absolute Gasteiger partial charge is 0.497 e. The van der Waals surface area contributed by atoms with E-state index in [2.05, 4.69) is 10.3 Å². The Bertz CT molecular complexity index is 662. The van der Waals surface area contributed by atoms with Crippen LogP contribution in [0.25, 0.3) is 10.9 Å². The first-order valence-electron chi connectivity index (χ1n) is 6.66. The average Bonchev–Trinajstić information content (AvgIpc) is 2.84. The van der Waals surface area contributed by atoms with Gasteiger partial charge in [-0.15, -0.1) is 0 Å². The Hall–Kier alpha value is -2.01. The van der Waals surface area contributed by atoms with E-state index in [1.165, 1.54) is 12.7 Å². The quantitative estimate of drug-likeness (QED) is 0.821. The van der Waals surface area contributed by atoms with E-state index >= 15 is 0 Å². The molecule has 106 valence electrons. The molecule has 0 radical (unpaired) electrons. The molecule has 0 saturated heterocycles. The molecule has 0 aliphatic carbocycles. The number of aromatic amines is 1. The number of aromatic nitrogens is 1. The lowest BCUT2D eigenvalue weighted by atomic mass is 9.94. The van der Waals surface area contributed by atoms with Crippen molar-refractivity contribution in [2.75, 3.05) is 14.2 Å². The van der Waals surface area contributed by atoms with Crippen molar-refractivity contribution in [3.63, 3.8) is 0 Å². The summed E-state index contributed by atoms with van der Waals surface area (Å²) in [6.45, 7) is 2.04. The lowest BCUT2D eigenvalue weighted by molar-refractivity contribution is -0.143. The third-order valence-corrected chi connectivity index (χ3v) is 3.92. The van der Waals surface area contributed by atoms with Gasteiger partial charge in [0.2, 0.25) is 0 Å². The van der Waals surface area contributed by atoms with Gasteiger partial charge in [0.05, 0.1) is 14.2 Å². The van der Waals surface area contributed by atoms with Crippen LogP contribution in [0.15, 0.2) is 18.2 Å². The van der Waals surface area contributed by atoms with Gasteiger partial charge in [-0.2, -0.15) is 0 Å². The van der Waals surface area contributed by atoms with E-state index in [4.69, 9.17) is 9.47 Å². The maximum absolute atomic E-state index is 11.8. The fourth-order valence-electron chi connectivity index (χ4n) is 2.91. The summed E-state index contributed by atoms with van der Waals surface area (Å²) < 4.78 is 10.1. The minimum absolute atomic E-state index is 0.0845. The molecule has 2 unspecified atom stereocenters. The molecule has 0 fully saturated rings. The summed E-state index contributed by atoms with van der Waals surface area (Å²) in [6, 6.07) is 5.75. The molecule has 2 heterocycles. The fraction of sp³-hybridized carbons (Fsp3) is 0.400. The van der Waals surface area contributed by atoms with Crippen molar-refractivity contribution >= 4 is 16.9 Å². The molecule has 3 rings (SSSR count). The molecule has 5 nitrogen and oxygen atoms in total. The van der Waals surface area contributed by atoms with Crippen LogP contribution in [-0.2, 0) is 16.0 Å². The first kappa shape index (κ1) is 13.0. The second-order valence-corrected chi connectivity index (χ2v) is 5.10. The maximum atomic E-state index is 11.8. The number of hydrogen-bond acceptors (Lipinski definition) is 4. The molecular formula is C15H18N2O3. The minimum Gasteiger partial charge on any atom is -0.497 e. The number of ether oxygens (including phenoxy) is 2. The predicted octanol–water partition coefficient (Wildman–Crippen LogP) is 1.92. The van der Waals surface area contributed by atoms with Crippen LogP contribution in [0.2, 0.25) is 0 Å². The molecular weight excluding hydrogens is 256 g/mol. The summed E-state index contributed by atoms with van der Waals surface area (Å²) in [5.41, 5.74) is 3.35. The van der Waals surface area contributed by atoms with Crippen LogP contribution in [0.1, 0.15) is 24.2 Å². The van der Waals surface area contributed by atoms with E-state index in [0.29, 0.717) is 6.42 Å². The highest BCUT2D eigenvalue weighted by Crippen LogP contribution is 2.33. The number of fused-ring (bicyclic) bond motifs is 3. The zero-order valence-corrected chi connectivity index (χ0v) is 11.8. The molecule has 1 aliphatic rings. The Morgan fingerprint density at radius 3 is 2.85 bits per heavy atom. The monoisotopic (exact) mass is 274 g/mol. The summed E-state index contributed by atoms with van der Waals surface area (Å²) in [6.07, 6.45) is 0.638. The highest BCUT2D eigenvalue weighted by atomic mass is 16.5. The zero-order chi connectivity index (χ0) is 14.3. The lowest BCUT2D eigenvalue weighted by Gasteiger charge is -2.27. The van der Waals surface area contributed by atoms with Crippen LogP contribution in [-0.4, -0.2) is 31.2 Å². The number of carbonyl (C=O) groups is 1. The van der Waals surface area contributed by atoms with Gasteiger partial charge in [-0.05, 0) is 24.6 Å². The molecule has 20 heavy (non-hydrogen) atoms. The molecule has 1 aromatic carbocycles. The first-order valence-corrected chi connectivity index (χ1v) is 6.66. The van der Waals surface area contributed by atoms with E-state index in [1.54, 1.807) is 7.11 Å². The van der Waals surface area contributed by atoms with Gasteiger partial charge in [-0.1, -0.05) is 0 Å². The summed E-state index contributed by atoms with van der Waals surface area (Å²) in [7, 11) is 3.08. The highest BCUT2D eigenvalue weighted by molar-refractivity contribution is 5.88. The molecule has 0 amide bonds. The van der Waals surface area contributed by atoms with Gasteiger partial charge >= 0.3 is 5.97 Å². The van der Waals surface area contributed by atoms with Crippen LogP contribution in [0.4, 0.5) is 0 Å². The van der Waals surface area contributed by atoms with Gasteiger partial charge < -0.3 is 14.5 Å². The Labute approximate surface area is 117 Å². The second-order valence-electron chi connectivity index (χ2n) is 5.10. The Morgan fingerprint density at radius 1 is 1.35 bits per heavy atom. The van der Waals surface area contributed by atoms with Gasteiger partial charge in [0.1, 0.15) is 11.8 Å².